The molecule has 2 amide bonds. The molecule has 0 bridgehead atoms. The van der Waals surface area contributed by atoms with E-state index in [1.54, 1.807) is 36.2 Å². The number of benzene rings is 3. The molecule has 0 radical (unpaired) electrons. The lowest BCUT2D eigenvalue weighted by molar-refractivity contribution is 0.0784. The molecule has 1 heterocycles. The zero-order valence-corrected chi connectivity index (χ0v) is 23.9. The molecule has 0 saturated carbocycles. The highest BCUT2D eigenvalue weighted by Crippen LogP contribution is 2.15. The number of carbonyl (C=O) groups excluding carboxylic acids is 2. The Labute approximate surface area is 239 Å². The van der Waals surface area contributed by atoms with E-state index in [-0.39, 0.29) is 11.8 Å². The van der Waals surface area contributed by atoms with Gasteiger partial charge < -0.3 is 20.6 Å². The van der Waals surface area contributed by atoms with Crippen molar-refractivity contribution in [1.82, 2.24) is 20.5 Å². The van der Waals surface area contributed by atoms with E-state index in [0.29, 0.717) is 37.2 Å². The molecule has 1 aromatic heterocycles. The number of thiazole rings is 1. The van der Waals surface area contributed by atoms with Gasteiger partial charge in [0.2, 0.25) is 0 Å². The van der Waals surface area contributed by atoms with Crippen LogP contribution < -0.4 is 10.6 Å². The van der Waals surface area contributed by atoms with Crippen LogP contribution >= 0.6 is 11.3 Å². The normalized spacial score (nSPS) is 12.5. The lowest BCUT2D eigenvalue weighted by Gasteiger charge is -2.25. The molecule has 3 N–H and O–H groups in total. The van der Waals surface area contributed by atoms with Crippen molar-refractivity contribution >= 4 is 23.2 Å². The van der Waals surface area contributed by atoms with Crippen LogP contribution in [-0.2, 0) is 19.5 Å². The monoisotopic (exact) mass is 556 g/mol. The first-order chi connectivity index (χ1) is 19.3. The van der Waals surface area contributed by atoms with Crippen molar-refractivity contribution in [2.75, 3.05) is 13.6 Å². The number of aryl methyl sites for hydroxylation is 2. The summed E-state index contributed by atoms with van der Waals surface area (Å²) in [5, 5.41) is 20.2. The molecule has 0 aliphatic heterocycles. The molecule has 0 aliphatic rings. The van der Waals surface area contributed by atoms with E-state index >= 15 is 0 Å². The molecule has 40 heavy (non-hydrogen) atoms. The molecule has 4 aromatic rings. The maximum atomic E-state index is 13.3. The average molecular weight is 557 g/mol. The smallest absolute Gasteiger partial charge is 0.253 e. The highest BCUT2D eigenvalue weighted by molar-refractivity contribution is 7.09. The van der Waals surface area contributed by atoms with Crippen LogP contribution in [-0.4, -0.2) is 52.5 Å². The average Bonchev–Trinajstić information content (AvgIpc) is 3.37. The summed E-state index contributed by atoms with van der Waals surface area (Å²) in [6, 6.07) is 24.2. The first-order valence-corrected chi connectivity index (χ1v) is 14.2. The summed E-state index contributed by atoms with van der Waals surface area (Å²) in [6.45, 7) is 5.29. The molecule has 2 unspecified atom stereocenters. The Morgan fingerprint density at radius 2 is 1.68 bits per heavy atom. The number of amides is 2. The molecule has 4 rings (SSSR count). The first kappa shape index (κ1) is 29.1. The third kappa shape index (κ3) is 8.32. The molecule has 0 aliphatic carbocycles. The Bertz CT molecular complexity index is 1410. The summed E-state index contributed by atoms with van der Waals surface area (Å²) < 4.78 is 0. The van der Waals surface area contributed by atoms with Crippen molar-refractivity contribution < 1.29 is 14.7 Å². The van der Waals surface area contributed by atoms with Crippen LogP contribution in [0.15, 0.2) is 84.2 Å². The van der Waals surface area contributed by atoms with Crippen molar-refractivity contribution in [3.05, 3.63) is 123 Å². The van der Waals surface area contributed by atoms with E-state index < -0.39 is 12.1 Å². The molecule has 2 atom stereocenters. The zero-order valence-electron chi connectivity index (χ0n) is 23.1. The van der Waals surface area contributed by atoms with Gasteiger partial charge in [0, 0.05) is 42.3 Å². The van der Waals surface area contributed by atoms with Crippen molar-refractivity contribution in [1.29, 1.82) is 0 Å². The van der Waals surface area contributed by atoms with E-state index in [2.05, 4.69) is 39.9 Å². The van der Waals surface area contributed by atoms with Gasteiger partial charge in [-0.3, -0.25) is 9.59 Å². The zero-order chi connectivity index (χ0) is 28.5. The summed E-state index contributed by atoms with van der Waals surface area (Å²) in [5.41, 5.74) is 5.04. The fourth-order valence-electron chi connectivity index (χ4n) is 4.38. The first-order valence-electron chi connectivity index (χ1n) is 13.3. The van der Waals surface area contributed by atoms with E-state index in [0.717, 1.165) is 21.8 Å². The number of hydrogen-bond donors (Lipinski definition) is 3. The van der Waals surface area contributed by atoms with E-state index in [1.807, 2.05) is 49.6 Å². The highest BCUT2D eigenvalue weighted by Gasteiger charge is 2.23. The summed E-state index contributed by atoms with van der Waals surface area (Å²) >= 11 is 1.52. The summed E-state index contributed by atoms with van der Waals surface area (Å²) in [5.74, 6) is -0.532. The molecule has 0 spiro atoms. The third-order valence-electron chi connectivity index (χ3n) is 6.64. The van der Waals surface area contributed by atoms with Crippen LogP contribution in [0.25, 0.3) is 0 Å². The van der Waals surface area contributed by atoms with Crippen molar-refractivity contribution in [3.63, 3.8) is 0 Å². The molecule has 0 fully saturated rings. The Hall–Kier alpha value is -3.85. The topological polar surface area (TPSA) is 94.6 Å². The van der Waals surface area contributed by atoms with Crippen molar-refractivity contribution in [2.45, 2.75) is 45.5 Å². The van der Waals surface area contributed by atoms with Crippen LogP contribution in [0, 0.1) is 13.8 Å². The largest absolute Gasteiger partial charge is 0.390 e. The van der Waals surface area contributed by atoms with E-state index in [9.17, 15) is 14.7 Å². The van der Waals surface area contributed by atoms with Gasteiger partial charge in [-0.2, -0.15) is 0 Å². The predicted octanol–water partition coefficient (Wildman–Crippen LogP) is 4.52. The highest BCUT2D eigenvalue weighted by atomic mass is 32.1. The molecule has 3 aromatic carbocycles. The number of aromatic nitrogens is 1. The van der Waals surface area contributed by atoms with Crippen molar-refractivity contribution in [3.8, 4) is 0 Å². The second-order valence-electron chi connectivity index (χ2n) is 10.1. The van der Waals surface area contributed by atoms with Gasteiger partial charge in [-0.25, -0.2) is 4.98 Å². The number of rotatable bonds is 12. The van der Waals surface area contributed by atoms with E-state index in [1.165, 1.54) is 16.9 Å². The van der Waals surface area contributed by atoms with Crippen LogP contribution in [0.5, 0.6) is 0 Å². The SMILES string of the molecule is Cc1ccc(CNCC(O)C(Cc2ccccc2)NC(=O)c2cccc(C(=O)N(C)Cc3nc(C)cs3)c2)cc1. The molecular weight excluding hydrogens is 520 g/mol. The summed E-state index contributed by atoms with van der Waals surface area (Å²) in [6.07, 6.45) is -0.360. The third-order valence-corrected chi connectivity index (χ3v) is 7.59. The molecular formula is C32H36N4O3S. The maximum Gasteiger partial charge on any atom is 0.253 e. The van der Waals surface area contributed by atoms with Crippen LogP contribution in [0.2, 0.25) is 0 Å². The van der Waals surface area contributed by atoms with Gasteiger partial charge in [-0.05, 0) is 49.6 Å². The second kappa shape index (κ2) is 14.0. The minimum absolute atomic E-state index is 0.191. The van der Waals surface area contributed by atoms with Gasteiger partial charge in [-0.1, -0.05) is 66.2 Å². The van der Waals surface area contributed by atoms with Gasteiger partial charge in [0.1, 0.15) is 5.01 Å². The molecule has 7 nitrogen and oxygen atoms in total. The summed E-state index contributed by atoms with van der Waals surface area (Å²) in [4.78, 5) is 32.4. The Morgan fingerprint density at radius 1 is 0.950 bits per heavy atom. The van der Waals surface area contributed by atoms with Gasteiger partial charge in [0.05, 0.1) is 18.7 Å². The van der Waals surface area contributed by atoms with Gasteiger partial charge in [-0.15, -0.1) is 11.3 Å². The number of nitrogens with zero attached hydrogens (tertiary/aromatic N) is 2. The van der Waals surface area contributed by atoms with Crippen molar-refractivity contribution in [2.24, 2.45) is 0 Å². The van der Waals surface area contributed by atoms with Gasteiger partial charge >= 0.3 is 0 Å². The van der Waals surface area contributed by atoms with Crippen LogP contribution in [0.4, 0.5) is 0 Å². The summed E-state index contributed by atoms with van der Waals surface area (Å²) in [7, 11) is 1.72. The fourth-order valence-corrected chi connectivity index (χ4v) is 5.20. The quantitative estimate of drug-likeness (QED) is 0.239. The van der Waals surface area contributed by atoms with Crippen LogP contribution in [0.3, 0.4) is 0 Å². The second-order valence-corrected chi connectivity index (χ2v) is 11.0. The van der Waals surface area contributed by atoms with Gasteiger partial charge in [0.15, 0.2) is 0 Å². The van der Waals surface area contributed by atoms with E-state index in [4.69, 9.17) is 0 Å². The molecule has 8 heteroatoms. The maximum absolute atomic E-state index is 13.3. The van der Waals surface area contributed by atoms with Gasteiger partial charge in [0.25, 0.3) is 11.8 Å². The lowest BCUT2D eigenvalue weighted by Crippen LogP contribution is -2.48. The standard InChI is InChI=1S/C32H36N4O3S/c1-22-12-14-25(15-13-22)18-33-19-29(37)28(16-24-8-5-4-6-9-24)35-31(38)26-10-7-11-27(17-26)32(39)36(3)20-30-34-23(2)21-40-30/h4-15,17,21,28-29,33,37H,16,18-20H2,1-3H3,(H,35,38). The Balaban J connectivity index is 1.42. The number of hydrogen-bond acceptors (Lipinski definition) is 6. The predicted molar refractivity (Wildman–Crippen MR) is 159 cm³/mol. The number of nitrogens with one attached hydrogen (secondary N) is 2. The number of carbonyl (C=O) groups is 2. The minimum Gasteiger partial charge on any atom is -0.390 e. The number of aliphatic hydroxyl groups is 1. The number of aliphatic hydroxyl groups excluding tert-OH is 1. The molecule has 0 saturated heterocycles. The Morgan fingerprint density at radius 3 is 2.38 bits per heavy atom. The fraction of sp³-hybridized carbons (Fsp3) is 0.281. The minimum atomic E-state index is -0.827. The molecule has 208 valence electrons. The Kier molecular flexibility index (Phi) is 10.2. The lowest BCUT2D eigenvalue weighted by atomic mass is 10.00. The van der Waals surface area contributed by atoms with Crippen LogP contribution in [0.1, 0.15) is 48.1 Å².